The highest BCUT2D eigenvalue weighted by Crippen LogP contribution is 2.32. The van der Waals surface area contributed by atoms with Crippen molar-refractivity contribution in [1.82, 2.24) is 10.3 Å². The van der Waals surface area contributed by atoms with Gasteiger partial charge in [0.1, 0.15) is 0 Å². The highest BCUT2D eigenvalue weighted by atomic mass is 32.1. The van der Waals surface area contributed by atoms with Gasteiger partial charge in [-0.2, -0.15) is 0 Å². The second-order valence-electron chi connectivity index (χ2n) is 6.43. The van der Waals surface area contributed by atoms with Gasteiger partial charge in [-0.1, -0.05) is 27.7 Å². The second kappa shape index (κ2) is 6.90. The summed E-state index contributed by atoms with van der Waals surface area (Å²) in [4.78, 5) is 8.85. The maximum Gasteiger partial charge on any atom is 0.186 e. The fourth-order valence-corrected chi connectivity index (χ4v) is 4.12. The maximum atomic E-state index is 4.91. The van der Waals surface area contributed by atoms with Crippen molar-refractivity contribution in [2.24, 2.45) is 5.92 Å². The van der Waals surface area contributed by atoms with Crippen molar-refractivity contribution in [1.29, 1.82) is 0 Å². The third-order valence-electron chi connectivity index (χ3n) is 4.16. The van der Waals surface area contributed by atoms with Gasteiger partial charge in [0.25, 0.3) is 0 Å². The lowest BCUT2D eigenvalue weighted by atomic mass is 9.94. The van der Waals surface area contributed by atoms with Crippen LogP contribution in [-0.4, -0.2) is 23.6 Å². The van der Waals surface area contributed by atoms with Crippen LogP contribution in [0.4, 0.5) is 5.13 Å². The number of aryl methyl sites for hydroxylation is 1. The van der Waals surface area contributed by atoms with Crippen molar-refractivity contribution < 1.29 is 0 Å². The van der Waals surface area contributed by atoms with Gasteiger partial charge in [-0.05, 0) is 32.1 Å². The lowest BCUT2D eigenvalue weighted by Gasteiger charge is -2.36. The number of nitrogens with one attached hydrogen (secondary N) is 1. The molecule has 1 N–H and O–H groups in total. The van der Waals surface area contributed by atoms with Crippen molar-refractivity contribution >= 4 is 16.5 Å². The zero-order valence-electron chi connectivity index (χ0n) is 13.6. The van der Waals surface area contributed by atoms with E-state index in [4.69, 9.17) is 4.98 Å². The van der Waals surface area contributed by atoms with Crippen molar-refractivity contribution in [2.75, 3.05) is 11.4 Å². The molecule has 2 atom stereocenters. The number of anilines is 1. The van der Waals surface area contributed by atoms with Gasteiger partial charge >= 0.3 is 0 Å². The molecule has 2 unspecified atom stereocenters. The number of aromatic nitrogens is 1. The largest absolute Gasteiger partial charge is 0.345 e. The average Bonchev–Trinajstić information content (AvgIpc) is 2.79. The predicted octanol–water partition coefficient (Wildman–Crippen LogP) is 3.83. The molecule has 0 spiro atoms. The number of hydrogen-bond acceptors (Lipinski definition) is 4. The van der Waals surface area contributed by atoms with Gasteiger partial charge < -0.3 is 10.2 Å². The van der Waals surface area contributed by atoms with Gasteiger partial charge in [0.05, 0.1) is 5.69 Å². The van der Waals surface area contributed by atoms with Crippen LogP contribution >= 0.6 is 11.3 Å². The van der Waals surface area contributed by atoms with Crippen LogP contribution < -0.4 is 10.2 Å². The van der Waals surface area contributed by atoms with Crippen molar-refractivity contribution in [3.63, 3.8) is 0 Å². The number of thiazole rings is 1. The van der Waals surface area contributed by atoms with Crippen LogP contribution in [0.15, 0.2) is 0 Å². The van der Waals surface area contributed by atoms with Crippen LogP contribution in [-0.2, 0) is 13.0 Å². The molecule has 0 saturated carbocycles. The summed E-state index contributed by atoms with van der Waals surface area (Å²) < 4.78 is 0. The van der Waals surface area contributed by atoms with E-state index in [2.05, 4.69) is 44.8 Å². The Balaban J connectivity index is 2.12. The molecule has 1 aromatic rings. The van der Waals surface area contributed by atoms with Gasteiger partial charge in [0, 0.05) is 30.1 Å². The highest BCUT2D eigenvalue weighted by Gasteiger charge is 2.26. The fraction of sp³-hybridized carbons (Fsp3) is 0.812. The standard InChI is InChI=1S/C16H29N3S/c1-6-14-15(10-17-11(2)3)20-16(18-14)19-8-7-12(4)9-13(19)5/h11-13,17H,6-10H2,1-5H3. The minimum Gasteiger partial charge on any atom is -0.345 e. The molecule has 4 heteroatoms. The molecular weight excluding hydrogens is 266 g/mol. The van der Waals surface area contributed by atoms with Crippen molar-refractivity contribution in [3.8, 4) is 0 Å². The normalized spacial score (nSPS) is 23.6. The van der Waals surface area contributed by atoms with Crippen LogP contribution in [0.25, 0.3) is 0 Å². The maximum absolute atomic E-state index is 4.91. The van der Waals surface area contributed by atoms with E-state index in [1.54, 1.807) is 0 Å². The smallest absolute Gasteiger partial charge is 0.186 e. The summed E-state index contributed by atoms with van der Waals surface area (Å²) in [6.45, 7) is 13.4. The Morgan fingerprint density at radius 2 is 2.15 bits per heavy atom. The van der Waals surface area contributed by atoms with E-state index in [1.807, 2.05) is 11.3 Å². The molecule has 0 aliphatic carbocycles. The highest BCUT2D eigenvalue weighted by molar-refractivity contribution is 7.15. The molecule has 2 rings (SSSR count). The number of nitrogens with zero attached hydrogens (tertiary/aromatic N) is 2. The van der Waals surface area contributed by atoms with E-state index in [0.717, 1.165) is 25.4 Å². The van der Waals surface area contributed by atoms with E-state index in [1.165, 1.54) is 28.5 Å². The summed E-state index contributed by atoms with van der Waals surface area (Å²) in [5, 5.41) is 4.76. The molecule has 1 aliphatic heterocycles. The predicted molar refractivity (Wildman–Crippen MR) is 88.7 cm³/mol. The van der Waals surface area contributed by atoms with Gasteiger partial charge in [0.15, 0.2) is 5.13 Å². The zero-order chi connectivity index (χ0) is 14.7. The number of piperidine rings is 1. The molecule has 114 valence electrons. The van der Waals surface area contributed by atoms with Gasteiger partial charge in [-0.3, -0.25) is 0 Å². The monoisotopic (exact) mass is 295 g/mol. The first kappa shape index (κ1) is 15.8. The Morgan fingerprint density at radius 1 is 1.40 bits per heavy atom. The Labute approximate surface area is 127 Å². The Kier molecular flexibility index (Phi) is 5.44. The molecule has 0 amide bonds. The Hall–Kier alpha value is -0.610. The molecule has 0 aromatic carbocycles. The number of rotatable bonds is 5. The van der Waals surface area contributed by atoms with Crippen LogP contribution in [0.3, 0.4) is 0 Å². The molecule has 1 aliphatic rings. The molecule has 0 radical (unpaired) electrons. The minimum atomic E-state index is 0.528. The quantitative estimate of drug-likeness (QED) is 0.895. The third-order valence-corrected chi connectivity index (χ3v) is 5.29. The summed E-state index contributed by atoms with van der Waals surface area (Å²) in [5.74, 6) is 0.855. The zero-order valence-corrected chi connectivity index (χ0v) is 14.4. The summed E-state index contributed by atoms with van der Waals surface area (Å²) >= 11 is 1.89. The first-order chi connectivity index (χ1) is 9.51. The van der Waals surface area contributed by atoms with E-state index in [-0.39, 0.29) is 0 Å². The van der Waals surface area contributed by atoms with Crippen LogP contribution in [0.2, 0.25) is 0 Å². The summed E-state index contributed by atoms with van der Waals surface area (Å²) in [7, 11) is 0. The van der Waals surface area contributed by atoms with Crippen molar-refractivity contribution in [2.45, 2.75) is 72.5 Å². The molecule has 1 saturated heterocycles. The molecule has 0 bridgehead atoms. The third kappa shape index (κ3) is 3.73. The van der Waals surface area contributed by atoms with Crippen LogP contribution in [0.1, 0.15) is 58.0 Å². The van der Waals surface area contributed by atoms with Crippen molar-refractivity contribution in [3.05, 3.63) is 10.6 Å². The lowest BCUT2D eigenvalue weighted by Crippen LogP contribution is -2.40. The molecule has 2 heterocycles. The van der Waals surface area contributed by atoms with E-state index in [9.17, 15) is 0 Å². The molecule has 1 aromatic heterocycles. The lowest BCUT2D eigenvalue weighted by molar-refractivity contribution is 0.377. The first-order valence-electron chi connectivity index (χ1n) is 7.99. The van der Waals surface area contributed by atoms with Crippen LogP contribution in [0, 0.1) is 5.92 Å². The molecule has 20 heavy (non-hydrogen) atoms. The van der Waals surface area contributed by atoms with Crippen LogP contribution in [0.5, 0.6) is 0 Å². The Bertz CT molecular complexity index is 427. The number of hydrogen-bond donors (Lipinski definition) is 1. The topological polar surface area (TPSA) is 28.2 Å². The minimum absolute atomic E-state index is 0.528. The molecular formula is C16H29N3S. The van der Waals surface area contributed by atoms with E-state index >= 15 is 0 Å². The molecule has 3 nitrogen and oxygen atoms in total. The second-order valence-corrected chi connectivity index (χ2v) is 7.49. The average molecular weight is 295 g/mol. The van der Waals surface area contributed by atoms with E-state index < -0.39 is 0 Å². The first-order valence-corrected chi connectivity index (χ1v) is 8.81. The fourth-order valence-electron chi connectivity index (χ4n) is 2.90. The summed E-state index contributed by atoms with van der Waals surface area (Å²) in [5.41, 5.74) is 1.28. The van der Waals surface area contributed by atoms with Gasteiger partial charge in [-0.15, -0.1) is 11.3 Å². The summed E-state index contributed by atoms with van der Waals surface area (Å²) in [6, 6.07) is 1.15. The SMILES string of the molecule is CCc1nc(N2CCC(C)CC2C)sc1CNC(C)C. The van der Waals surface area contributed by atoms with Gasteiger partial charge in [-0.25, -0.2) is 4.98 Å². The summed E-state index contributed by atoms with van der Waals surface area (Å²) in [6.07, 6.45) is 3.62. The molecule has 1 fully saturated rings. The van der Waals surface area contributed by atoms with Gasteiger partial charge in [0.2, 0.25) is 0 Å². The van der Waals surface area contributed by atoms with E-state index in [0.29, 0.717) is 12.1 Å². The Morgan fingerprint density at radius 3 is 2.75 bits per heavy atom.